The van der Waals surface area contributed by atoms with Gasteiger partial charge in [0, 0.05) is 22.7 Å². The highest BCUT2D eigenvalue weighted by Gasteiger charge is 2.32. The van der Waals surface area contributed by atoms with Crippen molar-refractivity contribution in [1.82, 2.24) is 4.98 Å². The van der Waals surface area contributed by atoms with Gasteiger partial charge >= 0.3 is 5.97 Å². The molecule has 1 aliphatic rings. The van der Waals surface area contributed by atoms with Crippen LogP contribution in [-0.4, -0.2) is 23.3 Å². The number of Topliss-reactive ketones (excluding diaryl/α,β-unsaturated/α-hetero) is 1. The van der Waals surface area contributed by atoms with Crippen LogP contribution in [0.2, 0.25) is 5.02 Å². The number of unbranched alkanes of at least 4 members (excludes halogenated alkanes) is 2. The fourth-order valence-corrected chi connectivity index (χ4v) is 3.94. The molecule has 0 amide bonds. The average molecular weight is 374 g/mol. The number of benzene rings is 1. The lowest BCUT2D eigenvalue weighted by atomic mass is 9.81. The van der Waals surface area contributed by atoms with Crippen LogP contribution >= 0.6 is 11.6 Å². The first-order valence-electron chi connectivity index (χ1n) is 9.19. The van der Waals surface area contributed by atoms with E-state index >= 15 is 0 Å². The highest BCUT2D eigenvalue weighted by atomic mass is 35.5. The Morgan fingerprint density at radius 2 is 2.04 bits per heavy atom. The normalized spacial score (nSPS) is 16.4. The zero-order valence-electron chi connectivity index (χ0n) is 15.2. The summed E-state index contributed by atoms with van der Waals surface area (Å²) in [5.74, 6) is -0.305. The van der Waals surface area contributed by atoms with Gasteiger partial charge in [-0.05, 0) is 42.9 Å². The molecule has 26 heavy (non-hydrogen) atoms. The molecule has 1 N–H and O–H groups in total. The van der Waals surface area contributed by atoms with E-state index < -0.39 is 0 Å². The molecule has 0 spiro atoms. The maximum atomic E-state index is 12.7. The molecule has 1 atom stereocenters. The van der Waals surface area contributed by atoms with Crippen LogP contribution in [0.4, 0.5) is 0 Å². The van der Waals surface area contributed by atoms with E-state index in [4.69, 9.17) is 16.3 Å². The minimum absolute atomic E-state index is 0.0233. The van der Waals surface area contributed by atoms with Crippen LogP contribution < -0.4 is 0 Å². The van der Waals surface area contributed by atoms with Gasteiger partial charge in [-0.1, -0.05) is 49.6 Å². The number of ether oxygens (including phenoxy) is 1. The van der Waals surface area contributed by atoms with Crippen molar-refractivity contribution < 1.29 is 14.3 Å². The number of aromatic nitrogens is 1. The number of carbonyl (C=O) groups excluding carboxylic acids is 2. The van der Waals surface area contributed by atoms with Crippen LogP contribution in [0.15, 0.2) is 24.3 Å². The average Bonchev–Trinajstić information content (AvgIpc) is 2.96. The summed E-state index contributed by atoms with van der Waals surface area (Å²) >= 11 is 6.31. The quantitative estimate of drug-likeness (QED) is 0.556. The van der Waals surface area contributed by atoms with Gasteiger partial charge in [0.25, 0.3) is 0 Å². The molecule has 0 aliphatic heterocycles. The molecule has 0 bridgehead atoms. The van der Waals surface area contributed by atoms with E-state index in [0.717, 1.165) is 30.5 Å². The lowest BCUT2D eigenvalue weighted by Gasteiger charge is -2.22. The predicted molar refractivity (Wildman–Crippen MR) is 102 cm³/mol. The van der Waals surface area contributed by atoms with Crippen molar-refractivity contribution in [1.29, 1.82) is 0 Å². The number of carbonyl (C=O) groups is 2. The van der Waals surface area contributed by atoms with Gasteiger partial charge in [0.2, 0.25) is 0 Å². The smallest absolute Gasteiger partial charge is 0.355 e. The second-order valence-electron chi connectivity index (χ2n) is 6.87. The minimum Gasteiger partial charge on any atom is -0.461 e. The number of hydrogen-bond acceptors (Lipinski definition) is 3. The number of H-pyrrole nitrogens is 1. The van der Waals surface area contributed by atoms with Crippen LogP contribution in [0.25, 0.3) is 0 Å². The van der Waals surface area contributed by atoms with Crippen molar-refractivity contribution in [2.24, 2.45) is 0 Å². The summed E-state index contributed by atoms with van der Waals surface area (Å²) in [6, 6.07) is 7.62. The van der Waals surface area contributed by atoms with E-state index in [-0.39, 0.29) is 17.7 Å². The molecule has 0 radical (unpaired) electrons. The van der Waals surface area contributed by atoms with Crippen molar-refractivity contribution in [3.8, 4) is 0 Å². The minimum atomic E-state index is -0.380. The van der Waals surface area contributed by atoms with Crippen molar-refractivity contribution in [3.05, 3.63) is 57.4 Å². The number of hydrogen-bond donors (Lipinski definition) is 1. The van der Waals surface area contributed by atoms with Crippen molar-refractivity contribution in [3.63, 3.8) is 0 Å². The van der Waals surface area contributed by atoms with E-state index in [1.807, 2.05) is 31.2 Å². The molecular formula is C21H24ClNO3. The molecule has 1 heterocycles. The molecule has 1 aromatic heterocycles. The molecular weight excluding hydrogens is 350 g/mol. The van der Waals surface area contributed by atoms with Crippen LogP contribution in [-0.2, 0) is 11.2 Å². The number of ketones is 1. The van der Waals surface area contributed by atoms with Gasteiger partial charge in [0.05, 0.1) is 6.61 Å². The van der Waals surface area contributed by atoms with Gasteiger partial charge in [-0.2, -0.15) is 0 Å². The first-order chi connectivity index (χ1) is 12.5. The lowest BCUT2D eigenvalue weighted by Crippen LogP contribution is -2.18. The number of nitrogens with one attached hydrogen (secondary N) is 1. The fourth-order valence-electron chi connectivity index (χ4n) is 3.65. The van der Waals surface area contributed by atoms with Crippen LogP contribution in [0.1, 0.15) is 76.2 Å². The zero-order valence-corrected chi connectivity index (χ0v) is 16.0. The third-order valence-corrected chi connectivity index (χ3v) is 5.36. The molecule has 0 saturated heterocycles. The third kappa shape index (κ3) is 3.70. The molecule has 0 unspecified atom stereocenters. The second-order valence-corrected chi connectivity index (χ2v) is 7.28. The van der Waals surface area contributed by atoms with Gasteiger partial charge in [0.15, 0.2) is 5.78 Å². The summed E-state index contributed by atoms with van der Waals surface area (Å²) in [6.07, 6.45) is 4.03. The van der Waals surface area contributed by atoms with E-state index in [1.54, 1.807) is 0 Å². The molecule has 0 fully saturated rings. The SMILES string of the molecule is CCCCCOC(=O)c1[nH]c2c(c1C)C(=O)C[C@@H](c1ccccc1Cl)C2. The number of rotatable bonds is 6. The van der Waals surface area contributed by atoms with Crippen molar-refractivity contribution >= 4 is 23.4 Å². The Morgan fingerprint density at radius 3 is 2.77 bits per heavy atom. The fraction of sp³-hybridized carbons (Fsp3) is 0.429. The van der Waals surface area contributed by atoms with Crippen LogP contribution in [0, 0.1) is 6.92 Å². The lowest BCUT2D eigenvalue weighted by molar-refractivity contribution is 0.0491. The van der Waals surface area contributed by atoms with Crippen molar-refractivity contribution in [2.75, 3.05) is 6.61 Å². The first kappa shape index (κ1) is 18.7. The van der Waals surface area contributed by atoms with E-state index in [9.17, 15) is 9.59 Å². The Kier molecular flexibility index (Phi) is 5.82. The molecule has 2 aromatic rings. The Morgan fingerprint density at radius 1 is 1.27 bits per heavy atom. The standard InChI is InChI=1S/C21H24ClNO3/c1-3-4-7-10-26-21(25)20-13(2)19-17(23-20)11-14(12-18(19)24)15-8-5-6-9-16(15)22/h5-6,8-9,14,23H,3-4,7,10-12H2,1-2H3/t14-/m0/s1. The Hall–Kier alpha value is -2.07. The molecule has 138 valence electrons. The van der Waals surface area contributed by atoms with Crippen LogP contribution in [0.5, 0.6) is 0 Å². The molecule has 1 aliphatic carbocycles. The molecule has 5 heteroatoms. The van der Waals surface area contributed by atoms with Gasteiger partial charge < -0.3 is 9.72 Å². The largest absolute Gasteiger partial charge is 0.461 e. The molecule has 3 rings (SSSR count). The summed E-state index contributed by atoms with van der Waals surface area (Å²) < 4.78 is 5.35. The highest BCUT2D eigenvalue weighted by Crippen LogP contribution is 2.37. The first-order valence-corrected chi connectivity index (χ1v) is 9.56. The maximum Gasteiger partial charge on any atom is 0.355 e. The third-order valence-electron chi connectivity index (χ3n) is 5.02. The zero-order chi connectivity index (χ0) is 18.7. The Labute approximate surface area is 158 Å². The summed E-state index contributed by atoms with van der Waals surface area (Å²) in [5.41, 5.74) is 3.53. The summed E-state index contributed by atoms with van der Waals surface area (Å²) in [7, 11) is 0. The molecule has 1 aromatic carbocycles. The van der Waals surface area contributed by atoms with Gasteiger partial charge in [-0.15, -0.1) is 0 Å². The number of fused-ring (bicyclic) bond motifs is 1. The number of aromatic amines is 1. The highest BCUT2D eigenvalue weighted by molar-refractivity contribution is 6.31. The molecule has 4 nitrogen and oxygen atoms in total. The summed E-state index contributed by atoms with van der Waals surface area (Å²) in [4.78, 5) is 28.2. The number of esters is 1. The monoisotopic (exact) mass is 373 g/mol. The van der Waals surface area contributed by atoms with Gasteiger partial charge in [-0.3, -0.25) is 4.79 Å². The molecule has 0 saturated carbocycles. The van der Waals surface area contributed by atoms with Crippen molar-refractivity contribution in [2.45, 2.75) is 51.9 Å². The Balaban J connectivity index is 1.81. The van der Waals surface area contributed by atoms with E-state index in [1.165, 1.54) is 0 Å². The van der Waals surface area contributed by atoms with E-state index in [2.05, 4.69) is 11.9 Å². The topological polar surface area (TPSA) is 59.2 Å². The van der Waals surface area contributed by atoms with Gasteiger partial charge in [0.1, 0.15) is 5.69 Å². The second kappa shape index (κ2) is 8.09. The maximum absolute atomic E-state index is 12.7. The summed E-state index contributed by atoms with van der Waals surface area (Å²) in [5, 5.41) is 0.674. The van der Waals surface area contributed by atoms with Gasteiger partial charge in [-0.25, -0.2) is 4.79 Å². The van der Waals surface area contributed by atoms with E-state index in [0.29, 0.717) is 41.3 Å². The Bertz CT molecular complexity index is 825. The predicted octanol–water partition coefficient (Wildman–Crippen LogP) is 5.24. The summed E-state index contributed by atoms with van der Waals surface area (Å²) in [6.45, 7) is 4.32. The number of halogens is 1. The van der Waals surface area contributed by atoms with Crippen LogP contribution in [0.3, 0.4) is 0 Å².